The molecule has 2 aromatic rings. The van der Waals surface area contributed by atoms with Gasteiger partial charge in [-0.2, -0.15) is 0 Å². The molecule has 1 aromatic heterocycles. The molecule has 1 unspecified atom stereocenters. The van der Waals surface area contributed by atoms with Crippen molar-refractivity contribution < 1.29 is 19.2 Å². The lowest BCUT2D eigenvalue weighted by atomic mass is 10.0. The van der Waals surface area contributed by atoms with Gasteiger partial charge in [0.2, 0.25) is 0 Å². The fraction of sp³-hybridized carbons (Fsp3) is 0.182. The fourth-order valence-electron chi connectivity index (χ4n) is 1.90. The second kappa shape index (κ2) is 4.65. The van der Waals surface area contributed by atoms with Gasteiger partial charge in [-0.25, -0.2) is 4.39 Å². The number of H-pyrrole nitrogens is 1. The second-order valence-electron chi connectivity index (χ2n) is 4.04. The van der Waals surface area contributed by atoms with Crippen LogP contribution in [0.25, 0.3) is 10.9 Å². The van der Waals surface area contributed by atoms with Gasteiger partial charge in [-0.15, -0.1) is 0 Å². The highest BCUT2D eigenvalue weighted by Gasteiger charge is 2.21. The minimum atomic E-state index is -1.22. The van der Waals surface area contributed by atoms with Crippen molar-refractivity contribution in [1.29, 1.82) is 0 Å². The Balaban J connectivity index is 2.56. The molecule has 2 rings (SSSR count). The zero-order valence-corrected chi connectivity index (χ0v) is 9.59. The number of rotatable bonds is 4. The summed E-state index contributed by atoms with van der Waals surface area (Å²) in [6.45, 7) is 0. The average molecular weight is 267 g/mol. The van der Waals surface area contributed by atoms with E-state index >= 15 is 0 Å². The molecule has 0 saturated carbocycles. The third kappa shape index (κ3) is 2.25. The highest BCUT2D eigenvalue weighted by Crippen LogP contribution is 2.30. The summed E-state index contributed by atoms with van der Waals surface area (Å²) in [6, 6.07) is 0.830. The van der Waals surface area contributed by atoms with Crippen LogP contribution in [0, 0.1) is 15.9 Å². The molecule has 1 heterocycles. The van der Waals surface area contributed by atoms with Crippen molar-refractivity contribution >= 4 is 22.6 Å². The van der Waals surface area contributed by atoms with E-state index in [2.05, 4.69) is 4.98 Å². The number of benzene rings is 1. The number of nitrogens with two attached hydrogens (primary N) is 1. The van der Waals surface area contributed by atoms with Gasteiger partial charge in [-0.05, 0) is 11.6 Å². The van der Waals surface area contributed by atoms with Crippen molar-refractivity contribution in [1.82, 2.24) is 4.98 Å². The highest BCUT2D eigenvalue weighted by atomic mass is 19.1. The Bertz CT molecular complexity index is 667. The van der Waals surface area contributed by atoms with Crippen molar-refractivity contribution in [2.45, 2.75) is 12.5 Å². The molecule has 1 aromatic carbocycles. The molecule has 0 aliphatic carbocycles. The lowest BCUT2D eigenvalue weighted by Gasteiger charge is -2.05. The third-order valence-electron chi connectivity index (χ3n) is 2.80. The van der Waals surface area contributed by atoms with Crippen LogP contribution < -0.4 is 5.73 Å². The summed E-state index contributed by atoms with van der Waals surface area (Å²) in [6.07, 6.45) is 1.22. The molecular formula is C11H10FN3O4. The van der Waals surface area contributed by atoms with Gasteiger partial charge in [-0.3, -0.25) is 14.9 Å². The maximum absolute atomic E-state index is 13.7. The fourth-order valence-corrected chi connectivity index (χ4v) is 1.90. The summed E-state index contributed by atoms with van der Waals surface area (Å²) in [5.74, 6) is -1.88. The Hall–Kier alpha value is -2.48. The number of non-ortho nitro benzene ring substituents is 1. The number of hydrogen-bond donors (Lipinski definition) is 3. The first-order chi connectivity index (χ1) is 8.91. The summed E-state index contributed by atoms with van der Waals surface area (Å²) < 4.78 is 13.7. The lowest BCUT2D eigenvalue weighted by Crippen LogP contribution is -2.32. The minimum absolute atomic E-state index is 0.00546. The summed E-state index contributed by atoms with van der Waals surface area (Å²) >= 11 is 0. The number of carbonyl (C=O) groups is 1. The summed E-state index contributed by atoms with van der Waals surface area (Å²) in [4.78, 5) is 23.4. The molecule has 1 atom stereocenters. The number of aromatic amines is 1. The van der Waals surface area contributed by atoms with Crippen LogP contribution in [-0.2, 0) is 11.2 Å². The van der Waals surface area contributed by atoms with E-state index < -0.39 is 22.8 Å². The van der Waals surface area contributed by atoms with Crippen LogP contribution in [0.5, 0.6) is 0 Å². The Kier molecular flexibility index (Phi) is 3.17. The number of hydrogen-bond acceptors (Lipinski definition) is 4. The number of nitro benzene ring substituents is 1. The van der Waals surface area contributed by atoms with Gasteiger partial charge in [0.1, 0.15) is 17.4 Å². The average Bonchev–Trinajstić information content (AvgIpc) is 2.73. The number of aliphatic carboxylic acids is 1. The Morgan fingerprint density at radius 3 is 2.84 bits per heavy atom. The van der Waals surface area contributed by atoms with Crippen LogP contribution in [0.15, 0.2) is 18.3 Å². The lowest BCUT2D eigenvalue weighted by molar-refractivity contribution is -0.383. The van der Waals surface area contributed by atoms with Crippen LogP contribution in [-0.4, -0.2) is 27.0 Å². The number of fused-ring (bicyclic) bond motifs is 1. The normalized spacial score (nSPS) is 12.5. The van der Waals surface area contributed by atoms with E-state index in [1.165, 1.54) is 6.20 Å². The molecule has 19 heavy (non-hydrogen) atoms. The van der Waals surface area contributed by atoms with Gasteiger partial charge in [0.25, 0.3) is 5.69 Å². The first-order valence-electron chi connectivity index (χ1n) is 5.33. The standard InChI is InChI=1S/C11H10FN3O4/c12-6-1-2-8(15(18)19)10-9(6)5(4-14-10)3-7(13)11(16)17/h1-2,4,7,14H,3,13H2,(H,16,17). The number of nitrogens with one attached hydrogen (secondary N) is 1. The number of nitro groups is 1. The van der Waals surface area contributed by atoms with Crippen molar-refractivity contribution in [3.8, 4) is 0 Å². The van der Waals surface area contributed by atoms with Gasteiger partial charge in [0.15, 0.2) is 0 Å². The van der Waals surface area contributed by atoms with E-state index in [1.54, 1.807) is 0 Å². The monoisotopic (exact) mass is 267 g/mol. The van der Waals surface area contributed by atoms with E-state index in [4.69, 9.17) is 10.8 Å². The molecule has 4 N–H and O–H groups in total. The smallest absolute Gasteiger partial charge is 0.320 e. The SMILES string of the molecule is NC(Cc1c[nH]c2c([N+](=O)[O-])ccc(F)c12)C(=O)O. The van der Waals surface area contributed by atoms with Crippen molar-refractivity contribution in [3.63, 3.8) is 0 Å². The molecule has 100 valence electrons. The van der Waals surface area contributed by atoms with Gasteiger partial charge >= 0.3 is 5.97 Å². The Morgan fingerprint density at radius 1 is 1.58 bits per heavy atom. The molecule has 0 aliphatic heterocycles. The molecule has 0 fully saturated rings. The second-order valence-corrected chi connectivity index (χ2v) is 4.04. The van der Waals surface area contributed by atoms with Crippen LogP contribution in [0.2, 0.25) is 0 Å². The molecule has 0 saturated heterocycles. The van der Waals surface area contributed by atoms with Crippen molar-refractivity contribution in [2.24, 2.45) is 5.73 Å². The van der Waals surface area contributed by atoms with Crippen LogP contribution in [0.4, 0.5) is 10.1 Å². The van der Waals surface area contributed by atoms with Crippen LogP contribution >= 0.6 is 0 Å². The molecule has 0 spiro atoms. The number of nitrogens with zero attached hydrogens (tertiary/aromatic N) is 1. The van der Waals surface area contributed by atoms with Crippen molar-refractivity contribution in [2.75, 3.05) is 0 Å². The van der Waals surface area contributed by atoms with Crippen molar-refractivity contribution in [3.05, 3.63) is 39.8 Å². The maximum atomic E-state index is 13.7. The molecule has 8 heteroatoms. The number of halogens is 1. The molecule has 7 nitrogen and oxygen atoms in total. The van der Waals surface area contributed by atoms with E-state index in [-0.39, 0.29) is 23.0 Å². The summed E-state index contributed by atoms with van der Waals surface area (Å²) in [5, 5.41) is 19.5. The maximum Gasteiger partial charge on any atom is 0.320 e. The summed E-state index contributed by atoms with van der Waals surface area (Å²) in [5.41, 5.74) is 5.43. The predicted molar refractivity (Wildman–Crippen MR) is 64.2 cm³/mol. The van der Waals surface area contributed by atoms with Gasteiger partial charge in [0, 0.05) is 24.1 Å². The molecule has 0 bridgehead atoms. The predicted octanol–water partition coefficient (Wildman–Crippen LogP) is 1.17. The quantitative estimate of drug-likeness (QED) is 0.566. The van der Waals surface area contributed by atoms with Gasteiger partial charge < -0.3 is 15.8 Å². The van der Waals surface area contributed by atoms with Gasteiger partial charge in [0.05, 0.1) is 4.92 Å². The van der Waals surface area contributed by atoms with E-state index in [1.807, 2.05) is 0 Å². The van der Waals surface area contributed by atoms with E-state index in [0.29, 0.717) is 5.56 Å². The van der Waals surface area contributed by atoms with Crippen LogP contribution in [0.1, 0.15) is 5.56 Å². The van der Waals surface area contributed by atoms with E-state index in [0.717, 1.165) is 12.1 Å². The molecular weight excluding hydrogens is 257 g/mol. The Labute approximate surface area is 106 Å². The highest BCUT2D eigenvalue weighted by molar-refractivity contribution is 5.91. The number of carboxylic acid groups (broad SMARTS) is 1. The first-order valence-corrected chi connectivity index (χ1v) is 5.33. The molecule has 0 amide bonds. The van der Waals surface area contributed by atoms with E-state index in [9.17, 15) is 19.3 Å². The zero-order chi connectivity index (χ0) is 14.2. The minimum Gasteiger partial charge on any atom is -0.480 e. The molecule has 0 aliphatic rings. The molecule has 0 radical (unpaired) electrons. The number of aromatic nitrogens is 1. The largest absolute Gasteiger partial charge is 0.480 e. The summed E-state index contributed by atoms with van der Waals surface area (Å²) in [7, 11) is 0. The van der Waals surface area contributed by atoms with Gasteiger partial charge in [-0.1, -0.05) is 0 Å². The zero-order valence-electron chi connectivity index (χ0n) is 9.59. The Morgan fingerprint density at radius 2 is 2.26 bits per heavy atom. The van der Waals surface area contributed by atoms with Crippen LogP contribution in [0.3, 0.4) is 0 Å². The first kappa shape index (κ1) is 13.0. The third-order valence-corrected chi connectivity index (χ3v) is 2.80. The topological polar surface area (TPSA) is 122 Å². The number of carboxylic acids is 1.